The average molecular weight is 297 g/mol. The van der Waals surface area contributed by atoms with Crippen molar-refractivity contribution in [1.29, 1.82) is 0 Å². The fourth-order valence-electron chi connectivity index (χ4n) is 2.13. The zero-order valence-corrected chi connectivity index (χ0v) is 13.4. The number of para-hydroxylation sites is 2. The molecule has 0 aliphatic rings. The zero-order valence-electron chi connectivity index (χ0n) is 13.4. The summed E-state index contributed by atoms with van der Waals surface area (Å²) in [4.78, 5) is 12.3. The first-order chi connectivity index (χ1) is 10.6. The quantitative estimate of drug-likeness (QED) is 0.867. The Morgan fingerprint density at radius 1 is 1.09 bits per heavy atom. The van der Waals surface area contributed by atoms with Gasteiger partial charge in [0.05, 0.1) is 18.7 Å². The van der Waals surface area contributed by atoms with Crippen molar-refractivity contribution in [3.63, 3.8) is 0 Å². The van der Waals surface area contributed by atoms with Crippen molar-refractivity contribution >= 4 is 11.6 Å². The minimum atomic E-state index is -0.0325. The summed E-state index contributed by atoms with van der Waals surface area (Å²) in [6.45, 7) is 6.84. The summed E-state index contributed by atoms with van der Waals surface area (Å²) >= 11 is 0. The Hall–Kier alpha value is -2.29. The summed E-state index contributed by atoms with van der Waals surface area (Å²) in [6, 6.07) is 15.5. The molecule has 2 aromatic carbocycles. The molecule has 1 amide bonds. The Balaban J connectivity index is 2.04. The first-order valence-corrected chi connectivity index (χ1v) is 7.62. The molecule has 0 fully saturated rings. The van der Waals surface area contributed by atoms with Crippen LogP contribution < -0.4 is 10.1 Å². The van der Waals surface area contributed by atoms with Crippen molar-refractivity contribution in [1.82, 2.24) is 0 Å². The van der Waals surface area contributed by atoms with Crippen LogP contribution in [0.5, 0.6) is 5.75 Å². The molecule has 0 atom stereocenters. The van der Waals surface area contributed by atoms with Gasteiger partial charge in [0.2, 0.25) is 5.91 Å². The van der Waals surface area contributed by atoms with Crippen LogP contribution in [0.15, 0.2) is 48.5 Å². The summed E-state index contributed by atoms with van der Waals surface area (Å²) in [5.41, 5.74) is 2.89. The molecule has 0 radical (unpaired) electrons. The highest BCUT2D eigenvalue weighted by molar-refractivity contribution is 5.93. The van der Waals surface area contributed by atoms with Gasteiger partial charge < -0.3 is 10.1 Å². The highest BCUT2D eigenvalue weighted by Gasteiger charge is 2.10. The third kappa shape index (κ3) is 4.62. The van der Waals surface area contributed by atoms with Gasteiger partial charge in [0, 0.05) is 0 Å². The van der Waals surface area contributed by atoms with E-state index in [-0.39, 0.29) is 5.91 Å². The molecule has 0 unspecified atom stereocenters. The summed E-state index contributed by atoms with van der Waals surface area (Å²) in [7, 11) is 0. The van der Waals surface area contributed by atoms with Gasteiger partial charge in [0.1, 0.15) is 5.75 Å². The van der Waals surface area contributed by atoms with Gasteiger partial charge in [-0.05, 0) is 36.1 Å². The molecule has 0 heterocycles. The maximum absolute atomic E-state index is 12.3. The zero-order chi connectivity index (χ0) is 15.9. The lowest BCUT2D eigenvalue weighted by molar-refractivity contribution is -0.115. The van der Waals surface area contributed by atoms with Crippen LogP contribution in [0, 0.1) is 12.8 Å². The predicted octanol–water partition coefficient (Wildman–Crippen LogP) is 4.21. The second-order valence-electron chi connectivity index (χ2n) is 5.85. The number of nitrogens with one attached hydrogen (secondary N) is 1. The van der Waals surface area contributed by atoms with Crippen LogP contribution in [0.3, 0.4) is 0 Å². The maximum atomic E-state index is 12.3. The van der Waals surface area contributed by atoms with E-state index in [9.17, 15) is 4.79 Å². The van der Waals surface area contributed by atoms with Gasteiger partial charge in [-0.2, -0.15) is 0 Å². The molecule has 22 heavy (non-hydrogen) atoms. The molecule has 0 aliphatic carbocycles. The molecular weight excluding hydrogens is 274 g/mol. The van der Waals surface area contributed by atoms with Crippen LogP contribution in [0.25, 0.3) is 0 Å². The molecule has 116 valence electrons. The molecular formula is C19H23NO2. The van der Waals surface area contributed by atoms with E-state index < -0.39 is 0 Å². The van der Waals surface area contributed by atoms with Crippen LogP contribution in [-0.4, -0.2) is 12.5 Å². The fourth-order valence-corrected chi connectivity index (χ4v) is 2.13. The molecule has 0 bridgehead atoms. The number of ether oxygens (including phenoxy) is 1. The third-order valence-corrected chi connectivity index (χ3v) is 3.35. The smallest absolute Gasteiger partial charge is 0.228 e. The highest BCUT2D eigenvalue weighted by Crippen LogP contribution is 2.24. The Labute approximate surface area is 132 Å². The molecule has 0 spiro atoms. The monoisotopic (exact) mass is 297 g/mol. The molecule has 2 rings (SSSR count). The molecule has 3 nitrogen and oxygen atoms in total. The second-order valence-corrected chi connectivity index (χ2v) is 5.85. The lowest BCUT2D eigenvalue weighted by Crippen LogP contribution is -2.16. The topological polar surface area (TPSA) is 38.3 Å². The fraction of sp³-hybridized carbons (Fsp3) is 0.316. The first-order valence-electron chi connectivity index (χ1n) is 7.62. The van der Waals surface area contributed by atoms with Gasteiger partial charge in [0.15, 0.2) is 0 Å². The van der Waals surface area contributed by atoms with Gasteiger partial charge in [-0.1, -0.05) is 50.2 Å². The van der Waals surface area contributed by atoms with E-state index in [1.54, 1.807) is 0 Å². The average Bonchev–Trinajstić information content (AvgIpc) is 2.48. The number of amides is 1. The number of benzene rings is 2. The van der Waals surface area contributed by atoms with Crippen LogP contribution in [0.4, 0.5) is 5.69 Å². The maximum Gasteiger partial charge on any atom is 0.228 e. The van der Waals surface area contributed by atoms with E-state index in [0.717, 1.165) is 16.8 Å². The van der Waals surface area contributed by atoms with Crippen LogP contribution in [0.2, 0.25) is 0 Å². The molecule has 2 aromatic rings. The number of carbonyl (C=O) groups excluding carboxylic acids is 1. The predicted molar refractivity (Wildman–Crippen MR) is 90.3 cm³/mol. The lowest BCUT2D eigenvalue weighted by Gasteiger charge is -2.14. The number of hydrogen-bond acceptors (Lipinski definition) is 2. The minimum Gasteiger partial charge on any atom is -0.491 e. The Kier molecular flexibility index (Phi) is 5.59. The lowest BCUT2D eigenvalue weighted by atomic mass is 10.1. The summed E-state index contributed by atoms with van der Waals surface area (Å²) < 4.78 is 5.76. The van der Waals surface area contributed by atoms with E-state index in [2.05, 4.69) is 19.2 Å². The van der Waals surface area contributed by atoms with Crippen LogP contribution >= 0.6 is 0 Å². The van der Waals surface area contributed by atoms with Gasteiger partial charge in [-0.25, -0.2) is 0 Å². The van der Waals surface area contributed by atoms with Crippen molar-refractivity contribution in [3.8, 4) is 5.75 Å². The van der Waals surface area contributed by atoms with E-state index in [1.807, 2.05) is 55.5 Å². The van der Waals surface area contributed by atoms with Crippen molar-refractivity contribution < 1.29 is 9.53 Å². The van der Waals surface area contributed by atoms with Crippen molar-refractivity contribution in [3.05, 3.63) is 59.7 Å². The van der Waals surface area contributed by atoms with Crippen LogP contribution in [-0.2, 0) is 11.2 Å². The van der Waals surface area contributed by atoms with Crippen molar-refractivity contribution in [2.24, 2.45) is 5.92 Å². The normalized spacial score (nSPS) is 10.5. The Morgan fingerprint density at radius 3 is 2.50 bits per heavy atom. The second kappa shape index (κ2) is 7.64. The number of hydrogen-bond donors (Lipinski definition) is 1. The molecule has 3 heteroatoms. The largest absolute Gasteiger partial charge is 0.491 e. The number of rotatable bonds is 6. The molecule has 0 saturated heterocycles. The number of anilines is 1. The Bertz CT molecular complexity index is 635. The highest BCUT2D eigenvalue weighted by atomic mass is 16.5. The van der Waals surface area contributed by atoms with E-state index in [1.165, 1.54) is 0 Å². The van der Waals surface area contributed by atoms with Gasteiger partial charge in [0.25, 0.3) is 0 Å². The standard InChI is InChI=1S/C19H23NO2/c1-14(2)13-22-18-11-7-6-10-17(18)20-19(21)12-16-9-5-4-8-15(16)3/h4-11,14H,12-13H2,1-3H3,(H,20,21). The third-order valence-electron chi connectivity index (χ3n) is 3.35. The van der Waals surface area contributed by atoms with E-state index >= 15 is 0 Å². The molecule has 0 saturated carbocycles. The minimum absolute atomic E-state index is 0.0325. The van der Waals surface area contributed by atoms with Gasteiger partial charge in [-0.15, -0.1) is 0 Å². The first kappa shape index (κ1) is 16.1. The number of carbonyl (C=O) groups is 1. The Morgan fingerprint density at radius 2 is 1.77 bits per heavy atom. The summed E-state index contributed by atoms with van der Waals surface area (Å²) in [6.07, 6.45) is 0.366. The molecule has 0 aliphatic heterocycles. The van der Waals surface area contributed by atoms with E-state index in [4.69, 9.17) is 4.74 Å². The number of aryl methyl sites for hydroxylation is 1. The molecule has 1 N–H and O–H groups in total. The van der Waals surface area contributed by atoms with Crippen molar-refractivity contribution in [2.45, 2.75) is 27.2 Å². The van der Waals surface area contributed by atoms with Crippen molar-refractivity contribution in [2.75, 3.05) is 11.9 Å². The van der Waals surface area contributed by atoms with E-state index in [0.29, 0.717) is 24.7 Å². The molecule has 0 aromatic heterocycles. The van der Waals surface area contributed by atoms with Gasteiger partial charge >= 0.3 is 0 Å². The van der Waals surface area contributed by atoms with Gasteiger partial charge in [-0.3, -0.25) is 4.79 Å². The summed E-state index contributed by atoms with van der Waals surface area (Å²) in [5, 5.41) is 2.95. The van der Waals surface area contributed by atoms with Crippen LogP contribution in [0.1, 0.15) is 25.0 Å². The summed E-state index contributed by atoms with van der Waals surface area (Å²) in [5.74, 6) is 1.12. The SMILES string of the molecule is Cc1ccccc1CC(=O)Nc1ccccc1OCC(C)C.